The lowest BCUT2D eigenvalue weighted by atomic mass is 10.2. The van der Waals surface area contributed by atoms with Gasteiger partial charge in [0, 0.05) is 36.7 Å². The second kappa shape index (κ2) is 6.08. The van der Waals surface area contributed by atoms with Gasteiger partial charge in [0.2, 0.25) is 0 Å². The molecular formula is C17H19FN2OS. The highest BCUT2D eigenvalue weighted by Crippen LogP contribution is 2.23. The molecule has 0 unspecified atom stereocenters. The van der Waals surface area contributed by atoms with Crippen LogP contribution < -0.4 is 4.90 Å². The molecule has 0 N–H and O–H groups in total. The van der Waals surface area contributed by atoms with E-state index in [2.05, 4.69) is 4.90 Å². The highest BCUT2D eigenvalue weighted by molar-refractivity contribution is 7.14. The first-order valence-electron chi connectivity index (χ1n) is 7.41. The third-order valence-corrected chi connectivity index (χ3v) is 5.28. The number of thiophene rings is 1. The van der Waals surface area contributed by atoms with Crippen LogP contribution in [0.4, 0.5) is 10.1 Å². The molecule has 5 heteroatoms. The van der Waals surface area contributed by atoms with Gasteiger partial charge in [-0.05, 0) is 49.7 Å². The largest absolute Gasteiger partial charge is 0.368 e. The maximum absolute atomic E-state index is 13.0. The van der Waals surface area contributed by atoms with Gasteiger partial charge in [-0.15, -0.1) is 11.3 Å². The Labute approximate surface area is 134 Å². The van der Waals surface area contributed by atoms with Crippen LogP contribution in [0.2, 0.25) is 0 Å². The van der Waals surface area contributed by atoms with E-state index in [-0.39, 0.29) is 11.7 Å². The van der Waals surface area contributed by atoms with E-state index >= 15 is 0 Å². The van der Waals surface area contributed by atoms with E-state index in [4.69, 9.17) is 0 Å². The number of piperazine rings is 1. The van der Waals surface area contributed by atoms with Gasteiger partial charge in [0.15, 0.2) is 0 Å². The summed E-state index contributed by atoms with van der Waals surface area (Å²) < 4.78 is 13.0. The second-order valence-corrected chi connectivity index (χ2v) is 6.86. The molecule has 1 aromatic carbocycles. The fourth-order valence-corrected chi connectivity index (χ4v) is 3.66. The van der Waals surface area contributed by atoms with Crippen LogP contribution in [-0.4, -0.2) is 37.0 Å². The van der Waals surface area contributed by atoms with Crippen molar-refractivity contribution in [3.63, 3.8) is 0 Å². The summed E-state index contributed by atoms with van der Waals surface area (Å²) in [5.41, 5.74) is 2.19. The molecule has 3 nitrogen and oxygen atoms in total. The number of hydrogen-bond donors (Lipinski definition) is 0. The lowest BCUT2D eigenvalue weighted by Crippen LogP contribution is -2.48. The van der Waals surface area contributed by atoms with Gasteiger partial charge >= 0.3 is 0 Å². The number of carbonyl (C=O) groups is 1. The summed E-state index contributed by atoms with van der Waals surface area (Å²) in [4.78, 5) is 18.6. The number of amides is 1. The van der Waals surface area contributed by atoms with Gasteiger partial charge in [-0.1, -0.05) is 0 Å². The molecule has 22 heavy (non-hydrogen) atoms. The normalized spacial score (nSPS) is 15.2. The molecule has 1 amide bonds. The molecule has 3 rings (SSSR count). The zero-order chi connectivity index (χ0) is 15.7. The summed E-state index contributed by atoms with van der Waals surface area (Å²) >= 11 is 1.57. The molecular weight excluding hydrogens is 299 g/mol. The Kier molecular flexibility index (Phi) is 4.16. The van der Waals surface area contributed by atoms with Gasteiger partial charge in [-0.2, -0.15) is 0 Å². The van der Waals surface area contributed by atoms with Crippen LogP contribution in [0.5, 0.6) is 0 Å². The number of halogens is 1. The molecule has 0 radical (unpaired) electrons. The van der Waals surface area contributed by atoms with Gasteiger partial charge < -0.3 is 9.80 Å². The molecule has 0 spiro atoms. The molecule has 0 saturated carbocycles. The molecule has 1 aromatic heterocycles. The molecule has 1 aliphatic heterocycles. The molecule has 1 fully saturated rings. The van der Waals surface area contributed by atoms with Crippen molar-refractivity contribution in [2.75, 3.05) is 31.1 Å². The van der Waals surface area contributed by atoms with Gasteiger partial charge in [-0.25, -0.2) is 4.39 Å². The summed E-state index contributed by atoms with van der Waals surface area (Å²) in [6, 6.07) is 8.51. The molecule has 0 atom stereocenters. The van der Waals surface area contributed by atoms with E-state index < -0.39 is 0 Å². The van der Waals surface area contributed by atoms with Crippen LogP contribution in [0.15, 0.2) is 30.3 Å². The third kappa shape index (κ3) is 2.99. The Morgan fingerprint density at radius 3 is 2.27 bits per heavy atom. The van der Waals surface area contributed by atoms with E-state index in [0.717, 1.165) is 23.7 Å². The van der Waals surface area contributed by atoms with Crippen molar-refractivity contribution < 1.29 is 9.18 Å². The number of aryl methyl sites for hydroxylation is 2. The topological polar surface area (TPSA) is 23.6 Å². The van der Waals surface area contributed by atoms with E-state index in [1.54, 1.807) is 23.5 Å². The van der Waals surface area contributed by atoms with E-state index in [1.807, 2.05) is 24.8 Å². The summed E-state index contributed by atoms with van der Waals surface area (Å²) in [5.74, 6) is -0.0963. The number of nitrogens with zero attached hydrogens (tertiary/aromatic N) is 2. The van der Waals surface area contributed by atoms with Crippen molar-refractivity contribution >= 4 is 22.9 Å². The van der Waals surface area contributed by atoms with Crippen molar-refractivity contribution in [2.24, 2.45) is 0 Å². The highest BCUT2D eigenvalue weighted by atomic mass is 32.1. The Morgan fingerprint density at radius 1 is 1.09 bits per heavy atom. The number of hydrogen-bond acceptors (Lipinski definition) is 3. The number of carbonyl (C=O) groups excluding carboxylic acids is 1. The quantitative estimate of drug-likeness (QED) is 0.846. The van der Waals surface area contributed by atoms with Crippen molar-refractivity contribution in [1.29, 1.82) is 0 Å². The molecule has 0 bridgehead atoms. The monoisotopic (exact) mass is 318 g/mol. The SMILES string of the molecule is Cc1cc(C(=O)N2CCN(c3ccc(F)cc3)CC2)sc1C. The van der Waals surface area contributed by atoms with E-state index in [9.17, 15) is 9.18 Å². The summed E-state index contributed by atoms with van der Waals surface area (Å²) in [5, 5.41) is 0. The maximum Gasteiger partial charge on any atom is 0.264 e. The van der Waals surface area contributed by atoms with Gasteiger partial charge in [0.1, 0.15) is 5.82 Å². The summed E-state index contributed by atoms with van der Waals surface area (Å²) in [6.45, 7) is 7.04. The Bertz CT molecular complexity index is 653. The van der Waals surface area contributed by atoms with Gasteiger partial charge in [-0.3, -0.25) is 4.79 Å². The number of benzene rings is 1. The fraction of sp³-hybridized carbons (Fsp3) is 0.353. The van der Waals surface area contributed by atoms with Crippen LogP contribution in [-0.2, 0) is 0 Å². The zero-order valence-corrected chi connectivity index (χ0v) is 13.6. The second-order valence-electron chi connectivity index (χ2n) is 5.61. The van der Waals surface area contributed by atoms with Crippen LogP contribution in [0, 0.1) is 19.7 Å². The fourth-order valence-electron chi connectivity index (χ4n) is 2.65. The number of anilines is 1. The Hall–Kier alpha value is -1.88. The third-order valence-electron chi connectivity index (χ3n) is 4.14. The first-order valence-corrected chi connectivity index (χ1v) is 8.23. The summed E-state index contributed by atoms with van der Waals surface area (Å²) in [6.07, 6.45) is 0. The lowest BCUT2D eigenvalue weighted by Gasteiger charge is -2.36. The Morgan fingerprint density at radius 2 is 1.73 bits per heavy atom. The zero-order valence-electron chi connectivity index (χ0n) is 12.8. The highest BCUT2D eigenvalue weighted by Gasteiger charge is 2.23. The van der Waals surface area contributed by atoms with Crippen molar-refractivity contribution in [1.82, 2.24) is 4.90 Å². The first kappa shape index (κ1) is 15.0. The van der Waals surface area contributed by atoms with Crippen molar-refractivity contribution in [3.05, 3.63) is 51.5 Å². The Balaban J connectivity index is 1.64. The minimum atomic E-state index is -0.221. The van der Waals surface area contributed by atoms with Crippen LogP contribution in [0.1, 0.15) is 20.1 Å². The molecule has 1 saturated heterocycles. The van der Waals surface area contributed by atoms with Gasteiger partial charge in [0.05, 0.1) is 4.88 Å². The minimum Gasteiger partial charge on any atom is -0.368 e. The van der Waals surface area contributed by atoms with Crippen LogP contribution in [0.25, 0.3) is 0 Å². The number of rotatable bonds is 2. The minimum absolute atomic E-state index is 0.125. The predicted octanol–water partition coefficient (Wildman–Crippen LogP) is 3.47. The van der Waals surface area contributed by atoms with Crippen LogP contribution in [0.3, 0.4) is 0 Å². The predicted molar refractivity (Wildman–Crippen MR) is 88.3 cm³/mol. The van der Waals surface area contributed by atoms with Crippen molar-refractivity contribution in [3.8, 4) is 0 Å². The molecule has 2 aromatic rings. The standard InChI is InChI=1S/C17H19FN2OS/c1-12-11-16(22-13(12)2)17(21)20-9-7-19(8-10-20)15-5-3-14(18)4-6-15/h3-6,11H,7-10H2,1-2H3. The average Bonchev–Trinajstić information content (AvgIpc) is 2.87. The van der Waals surface area contributed by atoms with E-state index in [0.29, 0.717) is 13.1 Å². The maximum atomic E-state index is 13.0. The average molecular weight is 318 g/mol. The molecule has 2 heterocycles. The first-order chi connectivity index (χ1) is 10.5. The van der Waals surface area contributed by atoms with Crippen molar-refractivity contribution in [2.45, 2.75) is 13.8 Å². The molecule has 116 valence electrons. The van der Waals surface area contributed by atoms with Crippen LogP contribution >= 0.6 is 11.3 Å². The molecule has 1 aliphatic rings. The van der Waals surface area contributed by atoms with Gasteiger partial charge in [0.25, 0.3) is 5.91 Å². The summed E-state index contributed by atoms with van der Waals surface area (Å²) in [7, 11) is 0. The lowest BCUT2D eigenvalue weighted by molar-refractivity contribution is 0.0751. The van der Waals surface area contributed by atoms with E-state index in [1.165, 1.54) is 22.6 Å². The molecule has 0 aliphatic carbocycles. The smallest absolute Gasteiger partial charge is 0.264 e.